The molecule has 1 heterocycles. The van der Waals surface area contributed by atoms with Gasteiger partial charge in [0.15, 0.2) is 0 Å². The first kappa shape index (κ1) is 8.00. The molecule has 5 nitrogen and oxygen atoms in total. The number of aromatic nitrogens is 2. The average Bonchev–Trinajstić information content (AvgIpc) is 2.37. The van der Waals surface area contributed by atoms with Crippen molar-refractivity contribution in [2.75, 3.05) is 12.3 Å². The summed E-state index contributed by atoms with van der Waals surface area (Å²) in [5.74, 6) is 0.795. The summed E-state index contributed by atoms with van der Waals surface area (Å²) in [4.78, 5) is 3.84. The molecule has 0 radical (unpaired) electrons. The highest BCUT2D eigenvalue weighted by atomic mass is 16.5. The van der Waals surface area contributed by atoms with Crippen LogP contribution in [0.25, 0.3) is 0 Å². The van der Waals surface area contributed by atoms with E-state index in [9.17, 15) is 0 Å². The fraction of sp³-hybridized carbons (Fsp3) is 0.667. The third-order valence-electron chi connectivity index (χ3n) is 1.33. The summed E-state index contributed by atoms with van der Waals surface area (Å²) in [6.07, 6.45) is 2.71. The second kappa shape index (κ2) is 3.92. The lowest BCUT2D eigenvalue weighted by molar-refractivity contribution is 0.375. The highest BCUT2D eigenvalue weighted by molar-refractivity contribution is 5.10. The molecule has 0 spiro atoms. The fourth-order valence-corrected chi connectivity index (χ4v) is 0.790. The fourth-order valence-electron chi connectivity index (χ4n) is 0.790. The van der Waals surface area contributed by atoms with Crippen molar-refractivity contribution in [3.05, 3.63) is 5.89 Å². The van der Waals surface area contributed by atoms with Crippen LogP contribution in [-0.2, 0) is 6.42 Å². The Hall–Kier alpha value is -1.10. The number of unbranched alkanes of at least 4 members (excludes halogenated alkanes) is 1. The minimum absolute atomic E-state index is 0.202. The van der Waals surface area contributed by atoms with E-state index in [1.165, 1.54) is 0 Å². The quantitative estimate of drug-likeness (QED) is 0.595. The maximum atomic E-state index is 5.31. The van der Waals surface area contributed by atoms with Gasteiger partial charge < -0.3 is 16.0 Å². The minimum Gasteiger partial charge on any atom is -0.365 e. The molecule has 0 aliphatic rings. The zero-order chi connectivity index (χ0) is 8.10. The lowest BCUT2D eigenvalue weighted by atomic mass is 10.2. The van der Waals surface area contributed by atoms with E-state index in [0.717, 1.165) is 19.3 Å². The summed E-state index contributed by atoms with van der Waals surface area (Å²) < 4.78 is 4.78. The van der Waals surface area contributed by atoms with Gasteiger partial charge in [0.2, 0.25) is 5.89 Å². The summed E-state index contributed by atoms with van der Waals surface area (Å²) >= 11 is 0. The number of nitrogen functional groups attached to an aromatic ring is 1. The third kappa shape index (κ3) is 2.55. The number of aryl methyl sites for hydroxylation is 1. The Morgan fingerprint density at radius 2 is 2.18 bits per heavy atom. The van der Waals surface area contributed by atoms with E-state index < -0.39 is 0 Å². The van der Waals surface area contributed by atoms with Crippen molar-refractivity contribution in [2.45, 2.75) is 19.3 Å². The Kier molecular flexibility index (Phi) is 2.85. The smallest absolute Gasteiger partial charge is 0.260 e. The van der Waals surface area contributed by atoms with Crippen molar-refractivity contribution in [3.63, 3.8) is 0 Å². The predicted molar refractivity (Wildman–Crippen MR) is 40.7 cm³/mol. The van der Waals surface area contributed by atoms with Crippen molar-refractivity contribution < 1.29 is 4.52 Å². The Morgan fingerprint density at radius 1 is 1.36 bits per heavy atom. The molecule has 0 saturated heterocycles. The Bertz CT molecular complexity index is 210. The summed E-state index contributed by atoms with van der Waals surface area (Å²) in [5, 5.41) is 3.46. The van der Waals surface area contributed by atoms with E-state index >= 15 is 0 Å². The van der Waals surface area contributed by atoms with Crippen molar-refractivity contribution in [2.24, 2.45) is 5.73 Å². The molecule has 0 unspecified atom stereocenters. The van der Waals surface area contributed by atoms with Crippen LogP contribution >= 0.6 is 0 Å². The molecule has 0 atom stereocenters. The third-order valence-corrected chi connectivity index (χ3v) is 1.33. The molecule has 11 heavy (non-hydrogen) atoms. The Labute approximate surface area is 64.8 Å². The molecule has 1 aromatic rings. The minimum atomic E-state index is 0.202. The number of hydrogen-bond acceptors (Lipinski definition) is 5. The molecule has 4 N–H and O–H groups in total. The van der Waals surface area contributed by atoms with Gasteiger partial charge in [0.25, 0.3) is 5.95 Å². The molecule has 0 aromatic carbocycles. The highest BCUT2D eigenvalue weighted by Gasteiger charge is 2.00. The van der Waals surface area contributed by atoms with E-state index in [1.54, 1.807) is 0 Å². The highest BCUT2D eigenvalue weighted by Crippen LogP contribution is 2.02. The van der Waals surface area contributed by atoms with Crippen LogP contribution in [0.3, 0.4) is 0 Å². The Morgan fingerprint density at radius 3 is 2.73 bits per heavy atom. The second-order valence-electron chi connectivity index (χ2n) is 2.29. The Balaban J connectivity index is 2.27. The van der Waals surface area contributed by atoms with Crippen molar-refractivity contribution >= 4 is 5.95 Å². The van der Waals surface area contributed by atoms with Crippen LogP contribution in [0.4, 0.5) is 5.95 Å². The lowest BCUT2D eigenvalue weighted by Gasteiger charge is -1.90. The van der Waals surface area contributed by atoms with E-state index in [1.807, 2.05) is 0 Å². The molecular weight excluding hydrogens is 144 g/mol. The van der Waals surface area contributed by atoms with Gasteiger partial charge in [-0.2, -0.15) is 4.98 Å². The summed E-state index contributed by atoms with van der Waals surface area (Å²) in [5.41, 5.74) is 10.5. The van der Waals surface area contributed by atoms with Crippen LogP contribution in [0.5, 0.6) is 0 Å². The molecule has 0 bridgehead atoms. The van der Waals surface area contributed by atoms with E-state index in [-0.39, 0.29) is 5.95 Å². The number of rotatable bonds is 4. The van der Waals surface area contributed by atoms with Crippen LogP contribution in [0.2, 0.25) is 0 Å². The van der Waals surface area contributed by atoms with Crippen molar-refractivity contribution in [1.29, 1.82) is 0 Å². The number of anilines is 1. The molecule has 0 amide bonds. The first-order valence-electron chi connectivity index (χ1n) is 3.61. The van der Waals surface area contributed by atoms with Gasteiger partial charge in [0.1, 0.15) is 0 Å². The van der Waals surface area contributed by atoms with E-state index in [0.29, 0.717) is 12.4 Å². The topological polar surface area (TPSA) is 91.0 Å². The molecule has 62 valence electrons. The monoisotopic (exact) mass is 156 g/mol. The maximum absolute atomic E-state index is 5.31. The van der Waals surface area contributed by atoms with Crippen LogP contribution < -0.4 is 11.5 Å². The average molecular weight is 156 g/mol. The zero-order valence-corrected chi connectivity index (χ0v) is 6.29. The molecule has 0 saturated carbocycles. The van der Waals surface area contributed by atoms with Gasteiger partial charge >= 0.3 is 0 Å². The van der Waals surface area contributed by atoms with Gasteiger partial charge in [-0.15, -0.1) is 0 Å². The summed E-state index contributed by atoms with van der Waals surface area (Å²) in [7, 11) is 0. The van der Waals surface area contributed by atoms with E-state index in [2.05, 4.69) is 10.1 Å². The predicted octanol–water partition coefficient (Wildman–Crippen LogP) is -0.0668. The molecule has 0 fully saturated rings. The second-order valence-corrected chi connectivity index (χ2v) is 2.29. The maximum Gasteiger partial charge on any atom is 0.260 e. The summed E-state index contributed by atoms with van der Waals surface area (Å²) in [6, 6.07) is 0. The molecule has 5 heteroatoms. The molecular formula is C6H12N4O. The van der Waals surface area contributed by atoms with Gasteiger partial charge in [-0.3, -0.25) is 0 Å². The van der Waals surface area contributed by atoms with Crippen LogP contribution in [0.1, 0.15) is 18.7 Å². The van der Waals surface area contributed by atoms with Crippen LogP contribution in [0.15, 0.2) is 4.52 Å². The lowest BCUT2D eigenvalue weighted by Crippen LogP contribution is -1.99. The zero-order valence-electron chi connectivity index (χ0n) is 6.29. The van der Waals surface area contributed by atoms with Gasteiger partial charge in [-0.05, 0) is 24.5 Å². The van der Waals surface area contributed by atoms with E-state index in [4.69, 9.17) is 16.0 Å². The molecule has 1 rings (SSSR count). The normalized spacial score (nSPS) is 10.3. The SMILES string of the molecule is NCCCCc1nc(N)no1. The van der Waals surface area contributed by atoms with Crippen LogP contribution in [-0.4, -0.2) is 16.7 Å². The first-order valence-corrected chi connectivity index (χ1v) is 3.61. The van der Waals surface area contributed by atoms with Gasteiger partial charge in [-0.25, -0.2) is 0 Å². The standard InChI is InChI=1S/C6H12N4O/c7-4-2-1-3-5-9-6(8)10-11-5/h1-4,7H2,(H2,8,10). The first-order chi connectivity index (χ1) is 5.33. The molecule has 0 aliphatic carbocycles. The molecule has 0 aliphatic heterocycles. The van der Waals surface area contributed by atoms with Gasteiger partial charge in [0, 0.05) is 6.42 Å². The number of nitrogens with two attached hydrogens (primary N) is 2. The summed E-state index contributed by atoms with van der Waals surface area (Å²) in [6.45, 7) is 0.698. The molecule has 1 aromatic heterocycles. The van der Waals surface area contributed by atoms with Gasteiger partial charge in [-0.1, -0.05) is 0 Å². The van der Waals surface area contributed by atoms with Gasteiger partial charge in [0.05, 0.1) is 0 Å². The largest absolute Gasteiger partial charge is 0.365 e. The number of hydrogen-bond donors (Lipinski definition) is 2. The van der Waals surface area contributed by atoms with Crippen molar-refractivity contribution in [1.82, 2.24) is 10.1 Å². The van der Waals surface area contributed by atoms with Crippen molar-refractivity contribution in [3.8, 4) is 0 Å². The van der Waals surface area contributed by atoms with Crippen LogP contribution in [0, 0.1) is 0 Å². The number of nitrogens with zero attached hydrogens (tertiary/aromatic N) is 2.